The van der Waals surface area contributed by atoms with Gasteiger partial charge in [0.15, 0.2) is 0 Å². The molecule has 1 aliphatic heterocycles. The molecule has 1 saturated heterocycles. The molecule has 0 bridgehead atoms. The summed E-state index contributed by atoms with van der Waals surface area (Å²) >= 11 is 0. The Kier molecular flexibility index (Phi) is 6.79. The SMILES string of the molecule is CCC1CCCC(OCC2CCC(CNC(C)C)O2)C1. The van der Waals surface area contributed by atoms with Gasteiger partial charge in [0, 0.05) is 12.6 Å². The molecule has 1 aliphatic carbocycles. The predicted molar refractivity (Wildman–Crippen MR) is 83.0 cm³/mol. The molecule has 3 heteroatoms. The molecule has 1 saturated carbocycles. The van der Waals surface area contributed by atoms with Crippen LogP contribution in [0.4, 0.5) is 0 Å². The molecule has 0 amide bonds. The van der Waals surface area contributed by atoms with Gasteiger partial charge in [-0.3, -0.25) is 0 Å². The zero-order valence-electron chi connectivity index (χ0n) is 13.6. The zero-order chi connectivity index (χ0) is 14.4. The van der Waals surface area contributed by atoms with Crippen LogP contribution in [0.15, 0.2) is 0 Å². The number of rotatable bonds is 7. The molecule has 0 aromatic carbocycles. The lowest BCUT2D eigenvalue weighted by Crippen LogP contribution is -2.33. The number of hydrogen-bond donors (Lipinski definition) is 1. The van der Waals surface area contributed by atoms with Crippen LogP contribution >= 0.6 is 0 Å². The van der Waals surface area contributed by atoms with Gasteiger partial charge in [0.2, 0.25) is 0 Å². The Hall–Kier alpha value is -0.120. The second-order valence-corrected chi connectivity index (χ2v) is 6.92. The normalized spacial score (nSPS) is 34.8. The Labute approximate surface area is 124 Å². The first-order valence-corrected chi connectivity index (χ1v) is 8.67. The van der Waals surface area contributed by atoms with Crippen molar-refractivity contribution in [3.05, 3.63) is 0 Å². The maximum atomic E-state index is 6.13. The molecule has 0 aromatic rings. The third-order valence-electron chi connectivity index (χ3n) is 4.78. The van der Waals surface area contributed by atoms with Crippen molar-refractivity contribution < 1.29 is 9.47 Å². The van der Waals surface area contributed by atoms with Crippen molar-refractivity contribution >= 4 is 0 Å². The van der Waals surface area contributed by atoms with Crippen LogP contribution in [0.3, 0.4) is 0 Å². The molecular weight excluding hydrogens is 250 g/mol. The predicted octanol–water partition coefficient (Wildman–Crippen LogP) is 3.52. The molecule has 0 spiro atoms. The van der Waals surface area contributed by atoms with Crippen LogP contribution < -0.4 is 5.32 Å². The van der Waals surface area contributed by atoms with Gasteiger partial charge < -0.3 is 14.8 Å². The summed E-state index contributed by atoms with van der Waals surface area (Å²) in [5.41, 5.74) is 0. The monoisotopic (exact) mass is 283 g/mol. The van der Waals surface area contributed by atoms with E-state index in [9.17, 15) is 0 Å². The van der Waals surface area contributed by atoms with Gasteiger partial charge in [-0.15, -0.1) is 0 Å². The average Bonchev–Trinajstić information content (AvgIpc) is 2.91. The van der Waals surface area contributed by atoms with Gasteiger partial charge in [-0.05, 0) is 31.6 Å². The summed E-state index contributed by atoms with van der Waals surface area (Å²) in [5, 5.41) is 3.46. The summed E-state index contributed by atoms with van der Waals surface area (Å²) in [6.07, 6.45) is 10.1. The van der Waals surface area contributed by atoms with Crippen LogP contribution in [-0.4, -0.2) is 37.5 Å². The van der Waals surface area contributed by atoms with Crippen molar-refractivity contribution in [1.82, 2.24) is 5.32 Å². The Morgan fingerprint density at radius 3 is 2.70 bits per heavy atom. The fraction of sp³-hybridized carbons (Fsp3) is 1.00. The van der Waals surface area contributed by atoms with E-state index in [-0.39, 0.29) is 0 Å². The van der Waals surface area contributed by atoms with Gasteiger partial charge in [0.05, 0.1) is 24.9 Å². The van der Waals surface area contributed by atoms with Crippen molar-refractivity contribution in [3.8, 4) is 0 Å². The van der Waals surface area contributed by atoms with E-state index in [1.165, 1.54) is 38.5 Å². The van der Waals surface area contributed by atoms with Crippen molar-refractivity contribution in [2.24, 2.45) is 5.92 Å². The lowest BCUT2D eigenvalue weighted by atomic mass is 9.85. The quantitative estimate of drug-likeness (QED) is 0.775. The first-order valence-electron chi connectivity index (χ1n) is 8.67. The molecule has 2 fully saturated rings. The summed E-state index contributed by atoms with van der Waals surface area (Å²) in [7, 11) is 0. The molecule has 4 atom stereocenters. The van der Waals surface area contributed by atoms with E-state index in [0.717, 1.165) is 25.5 Å². The Morgan fingerprint density at radius 2 is 1.95 bits per heavy atom. The van der Waals surface area contributed by atoms with Crippen LogP contribution in [0.1, 0.15) is 65.7 Å². The molecule has 20 heavy (non-hydrogen) atoms. The van der Waals surface area contributed by atoms with Crippen LogP contribution in [0.25, 0.3) is 0 Å². The minimum absolute atomic E-state index is 0.330. The van der Waals surface area contributed by atoms with E-state index in [4.69, 9.17) is 9.47 Å². The largest absolute Gasteiger partial charge is 0.376 e. The van der Waals surface area contributed by atoms with Crippen LogP contribution in [0.2, 0.25) is 0 Å². The molecule has 4 unspecified atom stereocenters. The second-order valence-electron chi connectivity index (χ2n) is 6.92. The maximum absolute atomic E-state index is 6.13. The highest BCUT2D eigenvalue weighted by molar-refractivity contribution is 4.77. The van der Waals surface area contributed by atoms with Crippen molar-refractivity contribution in [2.45, 2.75) is 90.1 Å². The minimum atomic E-state index is 0.330. The third-order valence-corrected chi connectivity index (χ3v) is 4.78. The standard InChI is InChI=1S/C17H33NO2/c1-4-14-6-5-7-15(10-14)19-12-17-9-8-16(20-17)11-18-13(2)3/h13-18H,4-12H2,1-3H3. The van der Waals surface area contributed by atoms with E-state index in [1.54, 1.807) is 0 Å². The molecule has 118 valence electrons. The highest BCUT2D eigenvalue weighted by Gasteiger charge is 2.27. The number of nitrogens with one attached hydrogen (secondary N) is 1. The van der Waals surface area contributed by atoms with E-state index < -0.39 is 0 Å². The van der Waals surface area contributed by atoms with Gasteiger partial charge in [0.1, 0.15) is 0 Å². The lowest BCUT2D eigenvalue weighted by Gasteiger charge is -2.29. The first kappa shape index (κ1) is 16.3. The summed E-state index contributed by atoms with van der Waals surface area (Å²) in [6.45, 7) is 8.46. The third kappa shape index (κ3) is 5.34. The number of ether oxygens (including phenoxy) is 2. The molecule has 0 aromatic heterocycles. The first-order chi connectivity index (χ1) is 9.67. The summed E-state index contributed by atoms with van der Waals surface area (Å²) in [6, 6.07) is 0.544. The smallest absolute Gasteiger partial charge is 0.0814 e. The fourth-order valence-electron chi connectivity index (χ4n) is 3.43. The molecule has 3 nitrogen and oxygen atoms in total. The van der Waals surface area contributed by atoms with Crippen molar-refractivity contribution in [3.63, 3.8) is 0 Å². The van der Waals surface area contributed by atoms with Crippen LogP contribution in [-0.2, 0) is 9.47 Å². The number of hydrogen-bond acceptors (Lipinski definition) is 3. The van der Waals surface area contributed by atoms with Crippen molar-refractivity contribution in [1.29, 1.82) is 0 Å². The highest BCUT2D eigenvalue weighted by Crippen LogP contribution is 2.29. The van der Waals surface area contributed by atoms with Crippen LogP contribution in [0, 0.1) is 5.92 Å². The average molecular weight is 283 g/mol. The van der Waals surface area contributed by atoms with E-state index in [0.29, 0.717) is 24.4 Å². The van der Waals surface area contributed by atoms with Crippen LogP contribution in [0.5, 0.6) is 0 Å². The minimum Gasteiger partial charge on any atom is -0.376 e. The molecule has 2 aliphatic rings. The highest BCUT2D eigenvalue weighted by atomic mass is 16.5. The summed E-state index contributed by atoms with van der Waals surface area (Å²) < 4.78 is 12.2. The van der Waals surface area contributed by atoms with Crippen molar-refractivity contribution in [2.75, 3.05) is 13.2 Å². The van der Waals surface area contributed by atoms with E-state index >= 15 is 0 Å². The maximum Gasteiger partial charge on any atom is 0.0814 e. The second kappa shape index (κ2) is 8.35. The van der Waals surface area contributed by atoms with Gasteiger partial charge in [-0.1, -0.05) is 40.0 Å². The summed E-state index contributed by atoms with van der Waals surface area (Å²) in [5.74, 6) is 0.890. The molecule has 1 heterocycles. The molecular formula is C17H33NO2. The topological polar surface area (TPSA) is 30.5 Å². The Balaban J connectivity index is 1.60. The molecule has 1 N–H and O–H groups in total. The summed E-state index contributed by atoms with van der Waals surface area (Å²) in [4.78, 5) is 0. The van der Waals surface area contributed by atoms with Gasteiger partial charge in [-0.2, -0.15) is 0 Å². The van der Waals surface area contributed by atoms with E-state index in [2.05, 4.69) is 26.1 Å². The Morgan fingerprint density at radius 1 is 1.15 bits per heavy atom. The molecule has 2 rings (SSSR count). The van der Waals surface area contributed by atoms with Gasteiger partial charge in [-0.25, -0.2) is 0 Å². The van der Waals surface area contributed by atoms with Gasteiger partial charge >= 0.3 is 0 Å². The van der Waals surface area contributed by atoms with Gasteiger partial charge in [0.25, 0.3) is 0 Å². The zero-order valence-corrected chi connectivity index (χ0v) is 13.6. The fourth-order valence-corrected chi connectivity index (χ4v) is 3.43. The lowest BCUT2D eigenvalue weighted by molar-refractivity contribution is -0.0561. The molecule has 0 radical (unpaired) electrons. The van der Waals surface area contributed by atoms with E-state index in [1.807, 2.05) is 0 Å². The Bertz CT molecular complexity index is 270.